The average Bonchev–Trinajstić information content (AvgIpc) is 4.10. The molecule has 0 atom stereocenters. The molecule has 0 saturated carbocycles. The van der Waals surface area contributed by atoms with Crippen LogP contribution in [0.4, 0.5) is 34.1 Å². The molecule has 1 heterocycles. The Bertz CT molecular complexity index is 4230. The van der Waals surface area contributed by atoms with E-state index in [1.807, 2.05) is 11.3 Å². The third-order valence-electron chi connectivity index (χ3n) is 15.6. The van der Waals surface area contributed by atoms with Gasteiger partial charge in [-0.3, -0.25) is 0 Å². The van der Waals surface area contributed by atoms with Gasteiger partial charge in [0.1, 0.15) is 0 Å². The standard InChI is InChI=1S/C71H46N2S/c1-4-19-52(20-5-1)72(53-21-6-2-7-22-53)56-42-51(48-34-32-47(33-35-48)50-37-41-69-64(44-50)62-39-36-49-18-10-11-25-58(49)70(62)74-69)43-57(45-56)73(54-23-8-3-9-24-54)55-38-40-68-63(46-55)61-28-14-17-31-67(61)71(68)65-29-15-12-26-59(65)60-27-13-16-30-66(60)71/h1-46H. The van der Waals surface area contributed by atoms with Crippen LogP contribution in [0, 0.1) is 0 Å². The Balaban J connectivity index is 0.909. The minimum atomic E-state index is -0.418. The van der Waals surface area contributed by atoms with Gasteiger partial charge in [0.15, 0.2) is 0 Å². The van der Waals surface area contributed by atoms with Crippen LogP contribution in [0.2, 0.25) is 0 Å². The van der Waals surface area contributed by atoms with Crippen LogP contribution in [-0.2, 0) is 5.41 Å². The molecule has 0 amide bonds. The Labute approximate surface area is 435 Å². The zero-order valence-corrected chi connectivity index (χ0v) is 41.2. The minimum absolute atomic E-state index is 0.418. The van der Waals surface area contributed by atoms with E-state index >= 15 is 0 Å². The van der Waals surface area contributed by atoms with Gasteiger partial charge in [0.05, 0.1) is 5.41 Å². The fraction of sp³-hybridized carbons (Fsp3) is 0.0141. The van der Waals surface area contributed by atoms with E-state index in [1.165, 1.54) is 86.6 Å². The first kappa shape index (κ1) is 42.4. The van der Waals surface area contributed by atoms with E-state index in [1.54, 1.807) is 0 Å². The first-order chi connectivity index (χ1) is 36.7. The maximum absolute atomic E-state index is 2.45. The highest BCUT2D eigenvalue weighted by Crippen LogP contribution is 2.63. The summed E-state index contributed by atoms with van der Waals surface area (Å²) in [6.45, 7) is 0. The van der Waals surface area contributed by atoms with Crippen molar-refractivity contribution in [2.45, 2.75) is 5.41 Å². The smallest absolute Gasteiger partial charge is 0.0725 e. The highest BCUT2D eigenvalue weighted by atomic mass is 32.1. The summed E-state index contributed by atoms with van der Waals surface area (Å²) >= 11 is 1.89. The van der Waals surface area contributed by atoms with E-state index in [2.05, 4.69) is 289 Å². The maximum Gasteiger partial charge on any atom is 0.0725 e. The van der Waals surface area contributed by atoms with E-state index < -0.39 is 5.41 Å². The molecule has 346 valence electrons. The van der Waals surface area contributed by atoms with Crippen LogP contribution in [0.1, 0.15) is 22.3 Å². The fourth-order valence-corrected chi connectivity index (χ4v) is 13.6. The summed E-state index contributed by atoms with van der Waals surface area (Å²) in [6.07, 6.45) is 0. The van der Waals surface area contributed by atoms with E-state index in [9.17, 15) is 0 Å². The van der Waals surface area contributed by atoms with Crippen molar-refractivity contribution < 1.29 is 0 Å². The predicted octanol–water partition coefficient (Wildman–Crippen LogP) is 19.8. The molecule has 0 saturated heterocycles. The Kier molecular flexibility index (Phi) is 9.70. The molecule has 2 nitrogen and oxygen atoms in total. The van der Waals surface area contributed by atoms with Gasteiger partial charge in [0.25, 0.3) is 0 Å². The van der Waals surface area contributed by atoms with Crippen molar-refractivity contribution in [2.75, 3.05) is 9.80 Å². The number of hydrogen-bond acceptors (Lipinski definition) is 3. The molecular formula is C71H46N2S. The molecule has 2 aliphatic carbocycles. The predicted molar refractivity (Wildman–Crippen MR) is 313 cm³/mol. The molecule has 0 radical (unpaired) electrons. The highest BCUT2D eigenvalue weighted by Gasteiger charge is 2.51. The van der Waals surface area contributed by atoms with Gasteiger partial charge in [-0.25, -0.2) is 0 Å². The van der Waals surface area contributed by atoms with Gasteiger partial charge in [0, 0.05) is 54.3 Å². The molecule has 0 unspecified atom stereocenters. The molecule has 13 aromatic rings. The molecule has 1 spiro atoms. The lowest BCUT2D eigenvalue weighted by atomic mass is 9.70. The monoisotopic (exact) mass is 958 g/mol. The Morgan fingerprint density at radius 2 is 0.730 bits per heavy atom. The van der Waals surface area contributed by atoms with Crippen molar-refractivity contribution in [3.63, 3.8) is 0 Å². The third-order valence-corrected chi connectivity index (χ3v) is 16.8. The Morgan fingerprint density at radius 1 is 0.257 bits per heavy atom. The van der Waals surface area contributed by atoms with Gasteiger partial charge in [-0.1, -0.05) is 200 Å². The highest BCUT2D eigenvalue weighted by molar-refractivity contribution is 7.26. The van der Waals surface area contributed by atoms with Crippen LogP contribution in [0.5, 0.6) is 0 Å². The molecular weight excluding hydrogens is 913 g/mol. The molecule has 0 N–H and O–H groups in total. The third kappa shape index (κ3) is 6.50. The summed E-state index contributed by atoms with van der Waals surface area (Å²) in [7, 11) is 0. The van der Waals surface area contributed by atoms with E-state index in [0.717, 1.165) is 45.3 Å². The lowest BCUT2D eigenvalue weighted by molar-refractivity contribution is 0.794. The van der Waals surface area contributed by atoms with Crippen molar-refractivity contribution in [3.05, 3.63) is 301 Å². The van der Waals surface area contributed by atoms with Crippen LogP contribution < -0.4 is 9.80 Å². The number of para-hydroxylation sites is 3. The normalized spacial score (nSPS) is 12.7. The second kappa shape index (κ2) is 16.9. The number of nitrogens with zero attached hydrogens (tertiary/aromatic N) is 2. The molecule has 74 heavy (non-hydrogen) atoms. The summed E-state index contributed by atoms with van der Waals surface area (Å²) in [5, 5.41) is 5.22. The topological polar surface area (TPSA) is 6.48 Å². The average molecular weight is 959 g/mol. The van der Waals surface area contributed by atoms with Crippen LogP contribution in [0.15, 0.2) is 279 Å². The molecule has 0 aliphatic heterocycles. The maximum atomic E-state index is 2.45. The fourth-order valence-electron chi connectivity index (χ4n) is 12.4. The van der Waals surface area contributed by atoms with Crippen LogP contribution >= 0.6 is 11.3 Å². The first-order valence-electron chi connectivity index (χ1n) is 25.5. The van der Waals surface area contributed by atoms with Crippen LogP contribution in [-0.4, -0.2) is 0 Å². The van der Waals surface area contributed by atoms with E-state index in [0.29, 0.717) is 0 Å². The van der Waals surface area contributed by atoms with Gasteiger partial charge in [-0.05, 0) is 156 Å². The van der Waals surface area contributed by atoms with Gasteiger partial charge < -0.3 is 9.80 Å². The zero-order valence-electron chi connectivity index (χ0n) is 40.4. The SMILES string of the molecule is c1ccc(N(c2ccccc2)c2cc(-c3ccc(-c4ccc5sc6c7ccccc7ccc6c5c4)cc3)cc(N(c3ccccc3)c3ccc4c(c3)-c3ccccc3C43c4ccccc4-c4ccccc43)c2)cc1. The second-order valence-corrected chi connectivity index (χ2v) is 20.6. The lowest BCUT2D eigenvalue weighted by Gasteiger charge is -2.32. The summed E-state index contributed by atoms with van der Waals surface area (Å²) in [5.74, 6) is 0. The number of benzene rings is 12. The number of hydrogen-bond donors (Lipinski definition) is 0. The van der Waals surface area contributed by atoms with Crippen molar-refractivity contribution in [2.24, 2.45) is 0 Å². The summed E-state index contributed by atoms with van der Waals surface area (Å²) < 4.78 is 2.66. The summed E-state index contributed by atoms with van der Waals surface area (Å²) in [6, 6.07) is 103. The van der Waals surface area contributed by atoms with Gasteiger partial charge in [-0.15, -0.1) is 11.3 Å². The number of fused-ring (bicyclic) bond motifs is 15. The Hall–Kier alpha value is -9.28. The number of rotatable bonds is 8. The number of thiophene rings is 1. The first-order valence-corrected chi connectivity index (χ1v) is 26.3. The van der Waals surface area contributed by atoms with Gasteiger partial charge in [-0.2, -0.15) is 0 Å². The Morgan fingerprint density at radius 3 is 1.32 bits per heavy atom. The molecule has 15 rings (SSSR count). The minimum Gasteiger partial charge on any atom is -0.310 e. The van der Waals surface area contributed by atoms with Crippen molar-refractivity contribution in [1.29, 1.82) is 0 Å². The van der Waals surface area contributed by atoms with Gasteiger partial charge in [0.2, 0.25) is 0 Å². The lowest BCUT2D eigenvalue weighted by Crippen LogP contribution is -2.25. The van der Waals surface area contributed by atoms with Crippen LogP contribution in [0.3, 0.4) is 0 Å². The zero-order chi connectivity index (χ0) is 48.7. The van der Waals surface area contributed by atoms with Crippen LogP contribution in [0.25, 0.3) is 75.5 Å². The number of anilines is 6. The molecule has 3 heteroatoms. The molecule has 0 fully saturated rings. The van der Waals surface area contributed by atoms with Gasteiger partial charge >= 0.3 is 0 Å². The molecule has 12 aromatic carbocycles. The summed E-state index contributed by atoms with van der Waals surface area (Å²) in [4.78, 5) is 4.83. The second-order valence-electron chi connectivity index (χ2n) is 19.6. The molecule has 1 aromatic heterocycles. The van der Waals surface area contributed by atoms with Crippen molar-refractivity contribution in [1.82, 2.24) is 0 Å². The largest absolute Gasteiger partial charge is 0.310 e. The molecule has 0 bridgehead atoms. The van der Waals surface area contributed by atoms with Crippen molar-refractivity contribution in [3.8, 4) is 44.5 Å². The van der Waals surface area contributed by atoms with Crippen molar-refractivity contribution >= 4 is 76.4 Å². The molecule has 2 aliphatic rings. The van der Waals surface area contributed by atoms with E-state index in [4.69, 9.17) is 0 Å². The van der Waals surface area contributed by atoms with E-state index in [-0.39, 0.29) is 0 Å². The summed E-state index contributed by atoms with van der Waals surface area (Å²) in [5.41, 5.74) is 21.2. The quantitative estimate of drug-likeness (QED) is 0.150.